The summed E-state index contributed by atoms with van der Waals surface area (Å²) in [6.45, 7) is 4.76. The fourth-order valence-electron chi connectivity index (χ4n) is 8.75. The predicted molar refractivity (Wildman–Crippen MR) is 308 cm³/mol. The molecule has 0 aliphatic carbocycles. The standard InChI is InChI=1S/C59H114O17P2/c1-5-9-13-17-20-23-26-29-32-36-40-44-57(62)70-50-55(76-59(64)46-42-38-34-31-28-25-22-19-15-11-7-3)52-74-78(67,68)72-48-53(60)47-71-77(65,66)73-51-54(49-69-56(61)43-39-35-16-12-8-4)75-58(63)45-41-37-33-30-27-24-21-18-14-10-6-2/h53-55,60H,5-52H2,1-4H3,(H,65,66)(H,67,68)/t53-,54+,55+/m0/s1. The van der Waals surface area contributed by atoms with Crippen LogP contribution >= 0.6 is 15.6 Å². The van der Waals surface area contributed by atoms with Crippen molar-refractivity contribution in [3.8, 4) is 0 Å². The van der Waals surface area contributed by atoms with Gasteiger partial charge in [0.2, 0.25) is 0 Å². The maximum atomic E-state index is 12.9. The third-order valence-corrected chi connectivity index (χ3v) is 15.5. The fourth-order valence-corrected chi connectivity index (χ4v) is 10.3. The summed E-state index contributed by atoms with van der Waals surface area (Å²) < 4.78 is 67.6. The molecule has 0 aliphatic rings. The highest BCUT2D eigenvalue weighted by Crippen LogP contribution is 2.45. The fraction of sp³-hybridized carbons (Fsp3) is 0.932. The van der Waals surface area contributed by atoms with Crippen LogP contribution in [0.25, 0.3) is 0 Å². The molecule has 78 heavy (non-hydrogen) atoms. The molecular weight excluding hydrogens is 1040 g/mol. The van der Waals surface area contributed by atoms with Gasteiger partial charge in [-0.05, 0) is 25.7 Å². The number of aliphatic hydroxyl groups is 1. The van der Waals surface area contributed by atoms with Crippen molar-refractivity contribution < 1.29 is 80.2 Å². The average molecular weight is 1160 g/mol. The third-order valence-electron chi connectivity index (χ3n) is 13.6. The van der Waals surface area contributed by atoms with Crippen LogP contribution in [0.15, 0.2) is 0 Å². The summed E-state index contributed by atoms with van der Waals surface area (Å²) in [5, 5.41) is 10.5. The molecule has 0 fully saturated rings. The molecule has 3 N–H and O–H groups in total. The Morgan fingerprint density at radius 1 is 0.308 bits per heavy atom. The van der Waals surface area contributed by atoms with Crippen molar-refractivity contribution in [1.82, 2.24) is 0 Å². The van der Waals surface area contributed by atoms with Crippen LogP contribution in [0.3, 0.4) is 0 Å². The lowest BCUT2D eigenvalue weighted by molar-refractivity contribution is -0.161. The van der Waals surface area contributed by atoms with Gasteiger partial charge in [-0.3, -0.25) is 37.3 Å². The van der Waals surface area contributed by atoms with E-state index in [1.54, 1.807) is 0 Å². The van der Waals surface area contributed by atoms with Gasteiger partial charge in [-0.25, -0.2) is 9.13 Å². The Hall–Kier alpha value is -1.94. The average Bonchev–Trinajstić information content (AvgIpc) is 3.41. The lowest BCUT2D eigenvalue weighted by atomic mass is 10.1. The molecule has 0 amide bonds. The SMILES string of the molecule is CCCCCCCCCCCCCC(=O)OC[C@H](COP(=O)(O)OC[C@@H](O)COP(=O)(O)OC[C@@H](COC(=O)CCCCCCC)OC(=O)CCCCCCCCCCCCC)OC(=O)CCCCCCCCCCCCC. The number of unbranched alkanes of at least 4 members (excludes halogenated alkanes) is 34. The predicted octanol–water partition coefficient (Wildman–Crippen LogP) is 16.0. The van der Waals surface area contributed by atoms with Crippen LogP contribution in [-0.2, 0) is 65.4 Å². The summed E-state index contributed by atoms with van der Waals surface area (Å²) in [4.78, 5) is 71.7. The quantitative estimate of drug-likeness (QED) is 0.0222. The molecule has 0 aromatic rings. The van der Waals surface area contributed by atoms with Crippen molar-refractivity contribution in [2.24, 2.45) is 0 Å². The van der Waals surface area contributed by atoms with Crippen molar-refractivity contribution in [2.45, 2.75) is 316 Å². The summed E-state index contributed by atoms with van der Waals surface area (Å²) in [6.07, 6.45) is 37.8. The van der Waals surface area contributed by atoms with E-state index in [1.807, 2.05) is 0 Å². The number of hydrogen-bond donors (Lipinski definition) is 3. The van der Waals surface area contributed by atoms with E-state index in [2.05, 4.69) is 27.7 Å². The molecule has 17 nitrogen and oxygen atoms in total. The van der Waals surface area contributed by atoms with E-state index in [0.29, 0.717) is 25.7 Å². The van der Waals surface area contributed by atoms with Crippen LogP contribution in [0.2, 0.25) is 0 Å². The summed E-state index contributed by atoms with van der Waals surface area (Å²) in [7, 11) is -9.86. The Balaban J connectivity index is 5.17. The van der Waals surface area contributed by atoms with Crippen molar-refractivity contribution in [2.75, 3.05) is 39.6 Å². The smallest absolute Gasteiger partial charge is 0.462 e. The molecule has 0 saturated heterocycles. The van der Waals surface area contributed by atoms with Crippen LogP contribution in [0.5, 0.6) is 0 Å². The highest BCUT2D eigenvalue weighted by atomic mass is 31.2. The number of carbonyl (C=O) groups is 4. The maximum Gasteiger partial charge on any atom is 0.472 e. The molecule has 0 heterocycles. The van der Waals surface area contributed by atoms with Gasteiger partial charge >= 0.3 is 39.5 Å². The second-order valence-electron chi connectivity index (χ2n) is 21.4. The number of rotatable bonds is 60. The summed E-state index contributed by atoms with van der Waals surface area (Å²) in [6, 6.07) is 0. The van der Waals surface area contributed by atoms with Gasteiger partial charge in [0.15, 0.2) is 12.2 Å². The Morgan fingerprint density at radius 2 is 0.513 bits per heavy atom. The molecule has 0 rings (SSSR count). The Kier molecular flexibility index (Phi) is 53.0. The van der Waals surface area contributed by atoms with E-state index in [9.17, 15) is 43.2 Å². The molecule has 0 spiro atoms. The first-order valence-corrected chi connectivity index (χ1v) is 34.3. The summed E-state index contributed by atoms with van der Waals surface area (Å²) >= 11 is 0. The second-order valence-corrected chi connectivity index (χ2v) is 24.3. The first kappa shape index (κ1) is 76.1. The minimum Gasteiger partial charge on any atom is -0.462 e. The molecule has 5 atom stereocenters. The van der Waals surface area contributed by atoms with E-state index in [1.165, 1.54) is 122 Å². The zero-order chi connectivity index (χ0) is 57.6. The van der Waals surface area contributed by atoms with E-state index in [4.69, 9.17) is 37.0 Å². The van der Waals surface area contributed by atoms with Gasteiger partial charge in [0, 0.05) is 25.7 Å². The van der Waals surface area contributed by atoms with Gasteiger partial charge in [-0.2, -0.15) is 0 Å². The van der Waals surface area contributed by atoms with Gasteiger partial charge in [0.05, 0.1) is 26.4 Å². The van der Waals surface area contributed by atoms with Crippen molar-refractivity contribution in [3.05, 3.63) is 0 Å². The number of phosphoric ester groups is 2. The molecule has 2 unspecified atom stereocenters. The lowest BCUT2D eigenvalue weighted by Gasteiger charge is -2.21. The molecule has 0 aromatic carbocycles. The van der Waals surface area contributed by atoms with Crippen LogP contribution in [-0.4, -0.2) is 96.7 Å². The molecule has 19 heteroatoms. The summed E-state index contributed by atoms with van der Waals surface area (Å²) in [5.74, 6) is -2.15. The number of aliphatic hydroxyl groups excluding tert-OH is 1. The summed E-state index contributed by atoms with van der Waals surface area (Å²) in [5.41, 5.74) is 0. The van der Waals surface area contributed by atoms with Gasteiger partial charge in [-0.1, -0.05) is 246 Å². The van der Waals surface area contributed by atoms with Gasteiger partial charge in [0.25, 0.3) is 0 Å². The number of hydrogen-bond acceptors (Lipinski definition) is 15. The van der Waals surface area contributed by atoms with E-state index in [0.717, 1.165) is 96.3 Å². The minimum absolute atomic E-state index is 0.106. The van der Waals surface area contributed by atoms with Gasteiger partial charge < -0.3 is 33.8 Å². The van der Waals surface area contributed by atoms with Crippen LogP contribution < -0.4 is 0 Å². The van der Waals surface area contributed by atoms with Crippen molar-refractivity contribution in [1.29, 1.82) is 0 Å². The number of ether oxygens (including phenoxy) is 4. The Bertz CT molecular complexity index is 1520. The van der Waals surface area contributed by atoms with Gasteiger partial charge in [-0.15, -0.1) is 0 Å². The Labute approximate surface area is 473 Å². The van der Waals surface area contributed by atoms with Crippen molar-refractivity contribution in [3.63, 3.8) is 0 Å². The molecular formula is C59H114O17P2. The third kappa shape index (κ3) is 53.4. The highest BCUT2D eigenvalue weighted by Gasteiger charge is 2.30. The van der Waals surface area contributed by atoms with Crippen molar-refractivity contribution >= 4 is 39.5 Å². The first-order valence-electron chi connectivity index (χ1n) is 31.3. The van der Waals surface area contributed by atoms with Crippen LogP contribution in [0, 0.1) is 0 Å². The van der Waals surface area contributed by atoms with Gasteiger partial charge in [0.1, 0.15) is 19.3 Å². The molecule has 462 valence electrons. The number of esters is 4. The van der Waals surface area contributed by atoms with Crippen LogP contribution in [0.4, 0.5) is 0 Å². The van der Waals surface area contributed by atoms with E-state index < -0.39 is 97.5 Å². The Morgan fingerprint density at radius 3 is 0.756 bits per heavy atom. The monoisotopic (exact) mass is 1160 g/mol. The number of carbonyl (C=O) groups excluding carboxylic acids is 4. The zero-order valence-electron chi connectivity index (χ0n) is 49.6. The maximum absolute atomic E-state index is 12.9. The molecule has 0 bridgehead atoms. The van der Waals surface area contributed by atoms with E-state index >= 15 is 0 Å². The second kappa shape index (κ2) is 54.3. The highest BCUT2D eigenvalue weighted by molar-refractivity contribution is 7.47. The lowest BCUT2D eigenvalue weighted by Crippen LogP contribution is -2.30. The topological polar surface area (TPSA) is 237 Å². The normalized spacial score (nSPS) is 14.3. The molecule has 0 aliphatic heterocycles. The van der Waals surface area contributed by atoms with E-state index in [-0.39, 0.29) is 25.7 Å². The largest absolute Gasteiger partial charge is 0.472 e. The number of phosphoric acid groups is 2. The first-order chi connectivity index (χ1) is 37.7. The van der Waals surface area contributed by atoms with Crippen LogP contribution in [0.1, 0.15) is 297 Å². The molecule has 0 radical (unpaired) electrons. The molecule has 0 saturated carbocycles. The minimum atomic E-state index is -4.93. The zero-order valence-corrected chi connectivity index (χ0v) is 51.4. The molecule has 0 aromatic heterocycles.